The van der Waals surface area contributed by atoms with Crippen LogP contribution in [0, 0.1) is 6.92 Å². The Morgan fingerprint density at radius 1 is 1.07 bits per heavy atom. The molecule has 10 heteroatoms. The van der Waals surface area contributed by atoms with Crippen molar-refractivity contribution in [3.05, 3.63) is 58.1 Å². The fourth-order valence-corrected chi connectivity index (χ4v) is 2.67. The number of carbonyl (C=O) groups excluding carboxylic acids is 2. The van der Waals surface area contributed by atoms with Crippen molar-refractivity contribution in [3.8, 4) is 11.5 Å². The molecule has 0 unspecified atom stereocenters. The van der Waals surface area contributed by atoms with E-state index in [-0.39, 0.29) is 13.2 Å². The standard InChI is InChI=1S/C20H20BrN3O6/c1-13-4-2-3-5-16(13)29-11-19(26)22-10-18(25)24-23-9-14-6-7-17(15(21)8-14)30-12-20(27)28/h2-9H,10-12H2,1H3,(H,22,26)(H,24,25)(H,27,28). The van der Waals surface area contributed by atoms with Gasteiger partial charge in [-0.25, -0.2) is 10.2 Å². The highest BCUT2D eigenvalue weighted by atomic mass is 79.9. The number of rotatable bonds is 10. The van der Waals surface area contributed by atoms with Gasteiger partial charge in [0.05, 0.1) is 17.2 Å². The van der Waals surface area contributed by atoms with Crippen molar-refractivity contribution in [3.63, 3.8) is 0 Å². The van der Waals surface area contributed by atoms with Gasteiger partial charge in [-0.3, -0.25) is 9.59 Å². The van der Waals surface area contributed by atoms with Crippen molar-refractivity contribution in [2.45, 2.75) is 6.92 Å². The van der Waals surface area contributed by atoms with E-state index in [1.54, 1.807) is 30.3 Å². The van der Waals surface area contributed by atoms with Crippen LogP contribution in [-0.2, 0) is 14.4 Å². The fourth-order valence-electron chi connectivity index (χ4n) is 2.16. The molecular weight excluding hydrogens is 458 g/mol. The maximum absolute atomic E-state index is 11.8. The van der Waals surface area contributed by atoms with Crippen molar-refractivity contribution in [1.29, 1.82) is 0 Å². The van der Waals surface area contributed by atoms with Crippen LogP contribution in [0.1, 0.15) is 11.1 Å². The predicted octanol–water partition coefficient (Wildman–Crippen LogP) is 1.87. The van der Waals surface area contributed by atoms with Gasteiger partial charge in [-0.05, 0) is 58.2 Å². The van der Waals surface area contributed by atoms with Crippen LogP contribution in [0.15, 0.2) is 52.0 Å². The van der Waals surface area contributed by atoms with Gasteiger partial charge in [0.2, 0.25) is 0 Å². The summed E-state index contributed by atoms with van der Waals surface area (Å²) in [6.07, 6.45) is 1.40. The number of nitrogens with one attached hydrogen (secondary N) is 2. The summed E-state index contributed by atoms with van der Waals surface area (Å²) in [6, 6.07) is 12.2. The maximum Gasteiger partial charge on any atom is 0.341 e. The van der Waals surface area contributed by atoms with Crippen LogP contribution in [0.3, 0.4) is 0 Å². The summed E-state index contributed by atoms with van der Waals surface area (Å²) in [5, 5.41) is 14.9. The van der Waals surface area contributed by atoms with Gasteiger partial charge in [-0.1, -0.05) is 18.2 Å². The molecule has 0 fully saturated rings. The second-order valence-corrected chi connectivity index (χ2v) is 6.85. The SMILES string of the molecule is Cc1ccccc1OCC(=O)NCC(=O)NN=Cc1ccc(OCC(=O)O)c(Br)c1. The third kappa shape index (κ3) is 7.92. The molecule has 0 aliphatic carbocycles. The van der Waals surface area contributed by atoms with Crippen LogP contribution < -0.4 is 20.2 Å². The molecule has 9 nitrogen and oxygen atoms in total. The lowest BCUT2D eigenvalue weighted by molar-refractivity contribution is -0.139. The largest absolute Gasteiger partial charge is 0.484 e. The Labute approximate surface area is 181 Å². The first-order valence-electron chi connectivity index (χ1n) is 8.76. The first kappa shape index (κ1) is 22.9. The summed E-state index contributed by atoms with van der Waals surface area (Å²) in [6.45, 7) is 0.961. The molecule has 30 heavy (non-hydrogen) atoms. The highest BCUT2D eigenvalue weighted by Gasteiger charge is 2.07. The minimum absolute atomic E-state index is 0.203. The number of hydrazone groups is 1. The highest BCUT2D eigenvalue weighted by Crippen LogP contribution is 2.25. The summed E-state index contributed by atoms with van der Waals surface area (Å²) in [5.41, 5.74) is 3.84. The molecule has 2 rings (SSSR count). The number of hydrogen-bond acceptors (Lipinski definition) is 6. The number of carboxylic acid groups (broad SMARTS) is 1. The summed E-state index contributed by atoms with van der Waals surface area (Å²) >= 11 is 3.27. The Bertz CT molecular complexity index is 948. The molecule has 0 radical (unpaired) electrons. The summed E-state index contributed by atoms with van der Waals surface area (Å²) < 4.78 is 11.0. The average molecular weight is 478 g/mol. The van der Waals surface area contributed by atoms with Crippen LogP contribution >= 0.6 is 15.9 Å². The number of nitrogens with zero attached hydrogens (tertiary/aromatic N) is 1. The van der Waals surface area contributed by atoms with Gasteiger partial charge in [-0.15, -0.1) is 0 Å². The molecule has 2 aromatic rings. The van der Waals surface area contributed by atoms with E-state index < -0.39 is 24.4 Å². The third-order valence-electron chi connectivity index (χ3n) is 3.61. The highest BCUT2D eigenvalue weighted by molar-refractivity contribution is 9.10. The fraction of sp³-hybridized carbons (Fsp3) is 0.200. The molecule has 0 aliphatic heterocycles. The zero-order valence-corrected chi connectivity index (χ0v) is 17.6. The van der Waals surface area contributed by atoms with E-state index >= 15 is 0 Å². The van der Waals surface area contributed by atoms with E-state index in [0.717, 1.165) is 5.56 Å². The molecule has 2 amide bonds. The quantitative estimate of drug-likeness (QED) is 0.354. The number of amides is 2. The number of carboxylic acids is 1. The first-order chi connectivity index (χ1) is 14.3. The van der Waals surface area contributed by atoms with Crippen LogP contribution in [0.5, 0.6) is 11.5 Å². The zero-order valence-electron chi connectivity index (χ0n) is 16.1. The van der Waals surface area contributed by atoms with E-state index in [0.29, 0.717) is 21.5 Å². The van der Waals surface area contributed by atoms with Gasteiger partial charge in [-0.2, -0.15) is 5.10 Å². The Kier molecular flexibility index (Phi) is 8.82. The molecule has 0 saturated heterocycles. The van der Waals surface area contributed by atoms with Gasteiger partial charge in [0.1, 0.15) is 11.5 Å². The molecule has 2 aromatic carbocycles. The van der Waals surface area contributed by atoms with Crippen molar-refractivity contribution >= 4 is 39.9 Å². The lowest BCUT2D eigenvalue weighted by Gasteiger charge is -2.09. The molecule has 0 atom stereocenters. The second-order valence-electron chi connectivity index (χ2n) is 6.00. The lowest BCUT2D eigenvalue weighted by atomic mass is 10.2. The topological polar surface area (TPSA) is 126 Å². The van der Waals surface area contributed by atoms with Crippen LogP contribution in [-0.4, -0.2) is 48.9 Å². The van der Waals surface area contributed by atoms with Crippen molar-refractivity contribution in [2.24, 2.45) is 5.10 Å². The molecule has 158 valence electrons. The van der Waals surface area contributed by atoms with Gasteiger partial charge in [0, 0.05) is 0 Å². The van der Waals surface area contributed by atoms with Gasteiger partial charge < -0.3 is 19.9 Å². The number of para-hydroxylation sites is 1. The van der Waals surface area contributed by atoms with E-state index in [1.807, 2.05) is 19.1 Å². The number of benzene rings is 2. The molecular formula is C20H20BrN3O6. The van der Waals surface area contributed by atoms with Crippen molar-refractivity contribution in [2.75, 3.05) is 19.8 Å². The number of aliphatic carboxylic acids is 1. The van der Waals surface area contributed by atoms with Crippen molar-refractivity contribution < 1.29 is 29.0 Å². The van der Waals surface area contributed by atoms with E-state index in [1.165, 1.54) is 6.21 Å². The smallest absolute Gasteiger partial charge is 0.341 e. The molecule has 3 N–H and O–H groups in total. The normalized spacial score (nSPS) is 10.5. The molecule has 0 bridgehead atoms. The number of hydrogen-bond donors (Lipinski definition) is 3. The third-order valence-corrected chi connectivity index (χ3v) is 4.23. The van der Waals surface area contributed by atoms with E-state index in [4.69, 9.17) is 14.6 Å². The summed E-state index contributed by atoms with van der Waals surface area (Å²) in [5.74, 6) is -1.04. The van der Waals surface area contributed by atoms with Crippen molar-refractivity contribution in [1.82, 2.24) is 10.7 Å². The second kappa shape index (κ2) is 11.6. The summed E-state index contributed by atoms with van der Waals surface area (Å²) in [4.78, 5) is 34.1. The van der Waals surface area contributed by atoms with Gasteiger partial charge in [0.25, 0.3) is 11.8 Å². The first-order valence-corrected chi connectivity index (χ1v) is 9.55. The number of carbonyl (C=O) groups is 3. The minimum atomic E-state index is -1.08. The maximum atomic E-state index is 11.8. The van der Waals surface area contributed by atoms with Gasteiger partial charge >= 0.3 is 5.97 Å². The van der Waals surface area contributed by atoms with Crippen LogP contribution in [0.2, 0.25) is 0 Å². The Hall–Kier alpha value is -3.40. The molecule has 0 heterocycles. The Balaban J connectivity index is 1.72. The molecule has 0 saturated carbocycles. The van der Waals surface area contributed by atoms with Gasteiger partial charge in [0.15, 0.2) is 13.2 Å². The summed E-state index contributed by atoms with van der Waals surface area (Å²) in [7, 11) is 0. The average Bonchev–Trinajstić information content (AvgIpc) is 2.71. The molecule has 0 aromatic heterocycles. The minimum Gasteiger partial charge on any atom is -0.484 e. The Morgan fingerprint density at radius 3 is 2.50 bits per heavy atom. The zero-order chi connectivity index (χ0) is 21.9. The number of aryl methyl sites for hydroxylation is 1. The lowest BCUT2D eigenvalue weighted by Crippen LogP contribution is -2.37. The van der Waals surface area contributed by atoms with Crippen LogP contribution in [0.25, 0.3) is 0 Å². The van der Waals surface area contributed by atoms with E-state index in [9.17, 15) is 14.4 Å². The molecule has 0 aliphatic rings. The van der Waals surface area contributed by atoms with E-state index in [2.05, 4.69) is 31.8 Å². The number of ether oxygens (including phenoxy) is 2. The molecule has 0 spiro atoms. The Morgan fingerprint density at radius 2 is 1.80 bits per heavy atom. The predicted molar refractivity (Wildman–Crippen MR) is 113 cm³/mol. The monoisotopic (exact) mass is 477 g/mol. The van der Waals surface area contributed by atoms with Crippen LogP contribution in [0.4, 0.5) is 0 Å². The number of halogens is 1.